The fourth-order valence-electron chi connectivity index (χ4n) is 2.81. The van der Waals surface area contributed by atoms with E-state index >= 15 is 0 Å². The lowest BCUT2D eigenvalue weighted by atomic mass is 10.2. The second-order valence-corrected chi connectivity index (χ2v) is 7.27. The number of ether oxygens (including phenoxy) is 1. The molecule has 6 nitrogen and oxygen atoms in total. The molecule has 28 heavy (non-hydrogen) atoms. The van der Waals surface area contributed by atoms with Crippen LogP contribution in [0.4, 0.5) is 0 Å². The van der Waals surface area contributed by atoms with Crippen molar-refractivity contribution >= 4 is 17.4 Å². The molecule has 0 aliphatic carbocycles. The molecule has 0 amide bonds. The highest BCUT2D eigenvalue weighted by Gasteiger charge is 2.11. The molecule has 2 aromatic heterocycles. The molecule has 0 aliphatic heterocycles. The maximum atomic E-state index is 11.8. The van der Waals surface area contributed by atoms with Crippen LogP contribution in [0.25, 0.3) is 17.0 Å². The Labute approximate surface area is 166 Å². The molecule has 0 radical (unpaired) electrons. The van der Waals surface area contributed by atoms with E-state index in [1.807, 2.05) is 42.5 Å². The predicted molar refractivity (Wildman–Crippen MR) is 111 cm³/mol. The normalized spacial score (nSPS) is 11.0. The first-order valence-corrected chi connectivity index (χ1v) is 10.1. The molecule has 2 aromatic carbocycles. The third-order valence-corrected chi connectivity index (χ3v) is 5.17. The molecule has 0 unspecified atom stereocenters. The first-order chi connectivity index (χ1) is 13.7. The number of nitrogens with zero attached hydrogens (tertiary/aromatic N) is 3. The summed E-state index contributed by atoms with van der Waals surface area (Å²) in [5.41, 5.74) is 2.55. The third kappa shape index (κ3) is 4.09. The number of aromatic amines is 1. The van der Waals surface area contributed by atoms with Crippen LogP contribution in [0.3, 0.4) is 0 Å². The van der Waals surface area contributed by atoms with Gasteiger partial charge in [0.2, 0.25) is 0 Å². The number of fused-ring (bicyclic) bond motifs is 1. The van der Waals surface area contributed by atoms with Gasteiger partial charge in [0.15, 0.2) is 16.6 Å². The van der Waals surface area contributed by atoms with Crippen LogP contribution in [0, 0.1) is 0 Å². The van der Waals surface area contributed by atoms with Gasteiger partial charge in [-0.05, 0) is 24.1 Å². The SMILES string of the molecule is CCc1ccc(OCCSc2nc(-c3ccccc3)nc3cc(=O)[nH]n23)cc1. The Morgan fingerprint density at radius 3 is 2.61 bits per heavy atom. The number of aromatic nitrogens is 4. The summed E-state index contributed by atoms with van der Waals surface area (Å²) in [5, 5.41) is 3.43. The predicted octanol–water partition coefficient (Wildman–Crippen LogP) is 3.82. The van der Waals surface area contributed by atoms with Gasteiger partial charge in [-0.25, -0.2) is 14.5 Å². The van der Waals surface area contributed by atoms with Gasteiger partial charge in [0.1, 0.15) is 5.75 Å². The number of hydrogen-bond donors (Lipinski definition) is 1. The van der Waals surface area contributed by atoms with E-state index in [-0.39, 0.29) is 5.56 Å². The summed E-state index contributed by atoms with van der Waals surface area (Å²) in [5.74, 6) is 2.14. The number of rotatable bonds is 7. The summed E-state index contributed by atoms with van der Waals surface area (Å²) in [4.78, 5) is 20.9. The molecular formula is C21H20N4O2S. The van der Waals surface area contributed by atoms with Crippen LogP contribution < -0.4 is 10.3 Å². The van der Waals surface area contributed by atoms with Crippen molar-refractivity contribution in [3.8, 4) is 17.1 Å². The lowest BCUT2D eigenvalue weighted by Crippen LogP contribution is -2.06. The van der Waals surface area contributed by atoms with Crippen molar-refractivity contribution in [2.75, 3.05) is 12.4 Å². The molecule has 0 aliphatic rings. The second kappa shape index (κ2) is 8.31. The molecule has 2 heterocycles. The van der Waals surface area contributed by atoms with Gasteiger partial charge in [0.05, 0.1) is 6.61 Å². The third-order valence-electron chi connectivity index (χ3n) is 4.27. The smallest absolute Gasteiger partial charge is 0.266 e. The van der Waals surface area contributed by atoms with Gasteiger partial charge >= 0.3 is 0 Å². The number of benzene rings is 2. The van der Waals surface area contributed by atoms with E-state index in [0.29, 0.717) is 29.0 Å². The Morgan fingerprint density at radius 2 is 1.86 bits per heavy atom. The molecule has 4 rings (SSSR count). The summed E-state index contributed by atoms with van der Waals surface area (Å²) < 4.78 is 7.43. The van der Waals surface area contributed by atoms with Crippen LogP contribution in [-0.2, 0) is 6.42 Å². The van der Waals surface area contributed by atoms with E-state index in [9.17, 15) is 4.79 Å². The monoisotopic (exact) mass is 392 g/mol. The average molecular weight is 392 g/mol. The summed E-state index contributed by atoms with van der Waals surface area (Å²) in [6, 6.07) is 19.3. The standard InChI is InChI=1S/C21H20N4O2S/c1-2-15-8-10-17(11-9-15)27-12-13-28-21-23-20(16-6-4-3-5-7-16)22-18-14-19(26)24-25(18)21/h3-11,14H,2,12-13H2,1H3,(H,24,26). The van der Waals surface area contributed by atoms with Gasteiger partial charge < -0.3 is 4.74 Å². The minimum Gasteiger partial charge on any atom is -0.493 e. The Morgan fingerprint density at radius 1 is 1.07 bits per heavy atom. The molecule has 1 N–H and O–H groups in total. The van der Waals surface area contributed by atoms with Gasteiger partial charge in [0.25, 0.3) is 5.56 Å². The van der Waals surface area contributed by atoms with Gasteiger partial charge in [-0.15, -0.1) is 0 Å². The zero-order valence-corrected chi connectivity index (χ0v) is 16.3. The van der Waals surface area contributed by atoms with Crippen molar-refractivity contribution in [2.24, 2.45) is 0 Å². The lowest BCUT2D eigenvalue weighted by Gasteiger charge is -2.09. The van der Waals surface area contributed by atoms with Crippen molar-refractivity contribution in [1.82, 2.24) is 19.6 Å². The van der Waals surface area contributed by atoms with Crippen molar-refractivity contribution in [3.63, 3.8) is 0 Å². The Balaban J connectivity index is 1.50. The Hall–Kier alpha value is -3.06. The molecular weight excluding hydrogens is 372 g/mol. The molecule has 0 atom stereocenters. The van der Waals surface area contributed by atoms with Crippen molar-refractivity contribution in [3.05, 3.63) is 76.6 Å². The van der Waals surface area contributed by atoms with Gasteiger partial charge in [0, 0.05) is 17.4 Å². The molecule has 0 bridgehead atoms. The molecule has 142 valence electrons. The van der Waals surface area contributed by atoms with E-state index in [0.717, 1.165) is 17.7 Å². The van der Waals surface area contributed by atoms with Crippen molar-refractivity contribution in [1.29, 1.82) is 0 Å². The lowest BCUT2D eigenvalue weighted by molar-refractivity contribution is 0.343. The maximum Gasteiger partial charge on any atom is 0.266 e. The summed E-state index contributed by atoms with van der Waals surface area (Å²) in [6.45, 7) is 2.66. The number of nitrogens with one attached hydrogen (secondary N) is 1. The van der Waals surface area contributed by atoms with E-state index in [1.54, 1.807) is 4.52 Å². The molecule has 0 spiro atoms. The summed E-state index contributed by atoms with van der Waals surface area (Å²) in [7, 11) is 0. The quantitative estimate of drug-likeness (QED) is 0.382. The fourth-order valence-corrected chi connectivity index (χ4v) is 3.58. The Bertz CT molecular complexity index is 1120. The van der Waals surface area contributed by atoms with E-state index in [1.165, 1.54) is 23.4 Å². The number of H-pyrrole nitrogens is 1. The van der Waals surface area contributed by atoms with Crippen LogP contribution in [-0.4, -0.2) is 31.9 Å². The van der Waals surface area contributed by atoms with E-state index in [4.69, 9.17) is 4.74 Å². The maximum absolute atomic E-state index is 11.8. The van der Waals surface area contributed by atoms with E-state index < -0.39 is 0 Å². The van der Waals surface area contributed by atoms with Crippen molar-refractivity contribution < 1.29 is 4.74 Å². The highest BCUT2D eigenvalue weighted by atomic mass is 32.2. The van der Waals surface area contributed by atoms with Gasteiger partial charge in [-0.3, -0.25) is 9.89 Å². The van der Waals surface area contributed by atoms with Crippen LogP contribution in [0.15, 0.2) is 70.6 Å². The van der Waals surface area contributed by atoms with E-state index in [2.05, 4.69) is 34.1 Å². The van der Waals surface area contributed by atoms with Crippen LogP contribution in [0.2, 0.25) is 0 Å². The minimum absolute atomic E-state index is 0.200. The van der Waals surface area contributed by atoms with Crippen LogP contribution in [0.5, 0.6) is 5.75 Å². The van der Waals surface area contributed by atoms with Crippen LogP contribution in [0.1, 0.15) is 12.5 Å². The minimum atomic E-state index is -0.200. The summed E-state index contributed by atoms with van der Waals surface area (Å²) >= 11 is 1.52. The fraction of sp³-hybridized carbons (Fsp3) is 0.190. The molecule has 4 aromatic rings. The average Bonchev–Trinajstić information content (AvgIpc) is 3.12. The molecule has 7 heteroatoms. The molecule has 0 saturated heterocycles. The number of hydrogen-bond acceptors (Lipinski definition) is 5. The van der Waals surface area contributed by atoms with Gasteiger partial charge in [-0.1, -0.05) is 61.2 Å². The number of aryl methyl sites for hydroxylation is 1. The first kappa shape index (κ1) is 18.3. The van der Waals surface area contributed by atoms with Gasteiger partial charge in [-0.2, -0.15) is 0 Å². The molecule has 0 fully saturated rings. The molecule has 0 saturated carbocycles. The second-order valence-electron chi connectivity index (χ2n) is 6.20. The van der Waals surface area contributed by atoms with Crippen LogP contribution >= 0.6 is 11.8 Å². The Kier molecular flexibility index (Phi) is 5.43. The topological polar surface area (TPSA) is 72.3 Å². The number of thioether (sulfide) groups is 1. The largest absolute Gasteiger partial charge is 0.493 e. The zero-order valence-electron chi connectivity index (χ0n) is 15.5. The van der Waals surface area contributed by atoms with Crippen molar-refractivity contribution in [2.45, 2.75) is 18.5 Å². The highest BCUT2D eigenvalue weighted by molar-refractivity contribution is 7.99. The zero-order chi connectivity index (χ0) is 19.3. The summed E-state index contributed by atoms with van der Waals surface area (Å²) in [6.07, 6.45) is 1.01. The highest BCUT2D eigenvalue weighted by Crippen LogP contribution is 2.21. The first-order valence-electron chi connectivity index (χ1n) is 9.13.